The fourth-order valence-corrected chi connectivity index (χ4v) is 1.59. The summed E-state index contributed by atoms with van der Waals surface area (Å²) in [6.07, 6.45) is 6.43. The Labute approximate surface area is 102 Å². The number of rotatable bonds is 6. The minimum absolute atomic E-state index is 0.0178. The quantitative estimate of drug-likeness (QED) is 0.559. The van der Waals surface area contributed by atoms with Crippen molar-refractivity contribution >= 4 is 17.6 Å². The van der Waals surface area contributed by atoms with E-state index in [1.165, 1.54) is 19.3 Å². The zero-order valence-corrected chi connectivity index (χ0v) is 10.5. The number of carbonyl (C=O) groups is 2. The number of allylic oxidation sites excluding steroid dienone is 1. The Hall–Kier alpha value is -1.64. The van der Waals surface area contributed by atoms with E-state index in [4.69, 9.17) is 4.42 Å². The Morgan fingerprint density at radius 3 is 2.76 bits per heavy atom. The third-order valence-corrected chi connectivity index (χ3v) is 2.54. The Kier molecular flexibility index (Phi) is 4.88. The van der Waals surface area contributed by atoms with Gasteiger partial charge in [0.2, 0.25) is 5.78 Å². The lowest BCUT2D eigenvalue weighted by Gasteiger charge is -2.05. The summed E-state index contributed by atoms with van der Waals surface area (Å²) < 4.78 is 5.21. The number of hydrogen-bond acceptors (Lipinski definition) is 3. The molecule has 0 aromatic carbocycles. The highest BCUT2D eigenvalue weighted by atomic mass is 16.3. The highest BCUT2D eigenvalue weighted by Gasteiger charge is 2.17. The van der Waals surface area contributed by atoms with Crippen LogP contribution in [-0.2, 0) is 4.79 Å². The van der Waals surface area contributed by atoms with Gasteiger partial charge < -0.3 is 4.42 Å². The van der Waals surface area contributed by atoms with Crippen LogP contribution in [0.3, 0.4) is 0 Å². The molecule has 0 bridgehead atoms. The van der Waals surface area contributed by atoms with Crippen LogP contribution in [0.2, 0.25) is 0 Å². The summed E-state index contributed by atoms with van der Waals surface area (Å²) in [5, 5.41) is 0. The molecule has 0 amide bonds. The van der Waals surface area contributed by atoms with Crippen LogP contribution in [0.25, 0.3) is 6.08 Å². The SMILES string of the molecule is CCCC(C)C(=O)c1cc(/C=C/C(C)=O)co1. The molecule has 0 saturated heterocycles. The predicted molar refractivity (Wildman–Crippen MR) is 66.8 cm³/mol. The van der Waals surface area contributed by atoms with Gasteiger partial charge in [-0.1, -0.05) is 20.3 Å². The second-order valence-electron chi connectivity index (χ2n) is 4.24. The zero-order chi connectivity index (χ0) is 12.8. The van der Waals surface area contributed by atoms with Crippen LogP contribution < -0.4 is 0 Å². The molecular weight excluding hydrogens is 216 g/mol. The van der Waals surface area contributed by atoms with Crippen LogP contribution in [-0.4, -0.2) is 11.6 Å². The van der Waals surface area contributed by atoms with E-state index in [0.29, 0.717) is 5.76 Å². The van der Waals surface area contributed by atoms with Gasteiger partial charge in [-0.2, -0.15) is 0 Å². The normalized spacial score (nSPS) is 12.9. The molecule has 17 heavy (non-hydrogen) atoms. The maximum Gasteiger partial charge on any atom is 0.200 e. The summed E-state index contributed by atoms with van der Waals surface area (Å²) in [5.41, 5.74) is 0.743. The predicted octanol–water partition coefficient (Wildman–Crippen LogP) is 3.50. The van der Waals surface area contributed by atoms with Crippen molar-refractivity contribution in [3.8, 4) is 0 Å². The molecule has 0 fully saturated rings. The summed E-state index contributed by atoms with van der Waals surface area (Å²) in [4.78, 5) is 22.7. The maximum absolute atomic E-state index is 11.9. The van der Waals surface area contributed by atoms with Gasteiger partial charge in [0.25, 0.3) is 0 Å². The van der Waals surface area contributed by atoms with Crippen LogP contribution >= 0.6 is 0 Å². The second-order valence-corrected chi connectivity index (χ2v) is 4.24. The van der Waals surface area contributed by atoms with Gasteiger partial charge in [0.15, 0.2) is 11.5 Å². The number of furan rings is 1. The van der Waals surface area contributed by atoms with Crippen molar-refractivity contribution in [3.05, 3.63) is 29.7 Å². The van der Waals surface area contributed by atoms with E-state index in [1.807, 2.05) is 13.8 Å². The minimum Gasteiger partial charge on any atom is -0.461 e. The minimum atomic E-state index is -0.0292. The van der Waals surface area contributed by atoms with Crippen molar-refractivity contribution in [2.24, 2.45) is 5.92 Å². The van der Waals surface area contributed by atoms with Crippen molar-refractivity contribution in [2.45, 2.75) is 33.6 Å². The monoisotopic (exact) mass is 234 g/mol. The Morgan fingerprint density at radius 1 is 1.47 bits per heavy atom. The molecule has 1 unspecified atom stereocenters. The van der Waals surface area contributed by atoms with Gasteiger partial charge in [-0.15, -0.1) is 0 Å². The molecule has 0 aliphatic carbocycles. The van der Waals surface area contributed by atoms with Crippen LogP contribution in [0.15, 0.2) is 22.8 Å². The third kappa shape index (κ3) is 4.02. The van der Waals surface area contributed by atoms with Gasteiger partial charge in [-0.25, -0.2) is 0 Å². The highest BCUT2D eigenvalue weighted by Crippen LogP contribution is 2.17. The van der Waals surface area contributed by atoms with Gasteiger partial charge in [-0.05, 0) is 31.6 Å². The molecule has 0 radical (unpaired) electrons. The summed E-state index contributed by atoms with van der Waals surface area (Å²) in [7, 11) is 0. The smallest absolute Gasteiger partial charge is 0.200 e. The van der Waals surface area contributed by atoms with Crippen LogP contribution in [0.1, 0.15) is 49.7 Å². The molecule has 1 heterocycles. The van der Waals surface area contributed by atoms with Gasteiger partial charge in [0, 0.05) is 11.5 Å². The molecule has 0 aliphatic rings. The van der Waals surface area contributed by atoms with Gasteiger partial charge in [0.05, 0.1) is 6.26 Å². The maximum atomic E-state index is 11.9. The molecule has 0 aliphatic heterocycles. The summed E-state index contributed by atoms with van der Waals surface area (Å²) in [6, 6.07) is 1.67. The number of ketones is 2. The second kappa shape index (κ2) is 6.18. The molecule has 1 aromatic rings. The lowest BCUT2D eigenvalue weighted by atomic mass is 9.99. The van der Waals surface area contributed by atoms with Gasteiger partial charge in [0.1, 0.15) is 0 Å². The largest absolute Gasteiger partial charge is 0.461 e. The van der Waals surface area contributed by atoms with Crippen LogP contribution in [0, 0.1) is 5.92 Å². The first-order chi connectivity index (χ1) is 8.04. The molecular formula is C14H18O3. The van der Waals surface area contributed by atoms with Crippen LogP contribution in [0.4, 0.5) is 0 Å². The Bertz CT molecular complexity index is 426. The summed E-state index contributed by atoms with van der Waals surface area (Å²) in [6.45, 7) is 5.43. The molecule has 3 heteroatoms. The summed E-state index contributed by atoms with van der Waals surface area (Å²) >= 11 is 0. The highest BCUT2D eigenvalue weighted by molar-refractivity contribution is 5.96. The molecule has 92 valence electrons. The molecule has 0 saturated carbocycles. The first kappa shape index (κ1) is 13.4. The number of carbonyl (C=O) groups excluding carboxylic acids is 2. The fraction of sp³-hybridized carbons (Fsp3) is 0.429. The lowest BCUT2D eigenvalue weighted by Crippen LogP contribution is -2.09. The molecule has 3 nitrogen and oxygen atoms in total. The van der Waals surface area contributed by atoms with E-state index < -0.39 is 0 Å². The average molecular weight is 234 g/mol. The molecule has 0 N–H and O–H groups in total. The number of hydrogen-bond donors (Lipinski definition) is 0. The molecule has 1 aromatic heterocycles. The van der Waals surface area contributed by atoms with Crippen molar-refractivity contribution in [2.75, 3.05) is 0 Å². The zero-order valence-electron chi connectivity index (χ0n) is 10.5. The molecule has 0 spiro atoms. The third-order valence-electron chi connectivity index (χ3n) is 2.54. The topological polar surface area (TPSA) is 47.3 Å². The van der Waals surface area contributed by atoms with E-state index in [-0.39, 0.29) is 17.5 Å². The van der Waals surface area contributed by atoms with Gasteiger partial charge >= 0.3 is 0 Å². The van der Waals surface area contributed by atoms with Crippen molar-refractivity contribution in [1.29, 1.82) is 0 Å². The van der Waals surface area contributed by atoms with Gasteiger partial charge in [-0.3, -0.25) is 9.59 Å². The Balaban J connectivity index is 2.74. The summed E-state index contributed by atoms with van der Waals surface area (Å²) in [5.74, 6) is 0.345. The first-order valence-electron chi connectivity index (χ1n) is 5.86. The lowest BCUT2D eigenvalue weighted by molar-refractivity contribution is -0.112. The molecule has 1 rings (SSSR count). The Morgan fingerprint density at radius 2 is 2.18 bits per heavy atom. The van der Waals surface area contributed by atoms with E-state index in [0.717, 1.165) is 18.4 Å². The average Bonchev–Trinajstić information content (AvgIpc) is 2.74. The van der Waals surface area contributed by atoms with E-state index in [1.54, 1.807) is 12.1 Å². The van der Waals surface area contributed by atoms with Crippen molar-refractivity contribution < 1.29 is 14.0 Å². The molecule has 1 atom stereocenters. The standard InChI is InChI=1S/C14H18O3/c1-4-5-10(2)14(16)13-8-12(9-17-13)7-6-11(3)15/h6-10H,4-5H2,1-3H3/b7-6+. The fourth-order valence-electron chi connectivity index (χ4n) is 1.59. The number of Topliss-reactive ketones (excluding diaryl/α,β-unsaturated/α-hetero) is 1. The van der Waals surface area contributed by atoms with Crippen molar-refractivity contribution in [1.82, 2.24) is 0 Å². The van der Waals surface area contributed by atoms with E-state index >= 15 is 0 Å². The van der Waals surface area contributed by atoms with E-state index in [9.17, 15) is 9.59 Å². The first-order valence-corrected chi connectivity index (χ1v) is 5.86. The van der Waals surface area contributed by atoms with Crippen molar-refractivity contribution in [3.63, 3.8) is 0 Å². The van der Waals surface area contributed by atoms with Crippen LogP contribution in [0.5, 0.6) is 0 Å². The van der Waals surface area contributed by atoms with E-state index in [2.05, 4.69) is 0 Å².